The van der Waals surface area contributed by atoms with E-state index in [4.69, 9.17) is 10.2 Å². The number of benzene rings is 1. The molecule has 1 saturated heterocycles. The van der Waals surface area contributed by atoms with Crippen LogP contribution in [0, 0.1) is 0 Å². The molecule has 0 amide bonds. The quantitative estimate of drug-likeness (QED) is 0.926. The highest BCUT2D eigenvalue weighted by Gasteiger charge is 2.25. The first kappa shape index (κ1) is 13.6. The van der Waals surface area contributed by atoms with E-state index in [-0.39, 0.29) is 0 Å². The molecule has 0 bridgehead atoms. The number of likely N-dealkylation sites (tertiary alicyclic amines) is 1. The van der Waals surface area contributed by atoms with Crippen LogP contribution in [0.1, 0.15) is 17.7 Å². The second-order valence-corrected chi connectivity index (χ2v) is 5.85. The molecule has 0 aliphatic carbocycles. The number of furan rings is 1. The number of rotatable bonds is 4. The molecule has 1 aromatic heterocycles. The molecule has 4 nitrogen and oxygen atoms in total. The van der Waals surface area contributed by atoms with Crippen LogP contribution in [0.15, 0.2) is 28.7 Å². The van der Waals surface area contributed by atoms with Crippen molar-refractivity contribution in [3.05, 3.63) is 35.6 Å². The molecular weight excluding hydrogens is 250 g/mol. The van der Waals surface area contributed by atoms with Gasteiger partial charge in [-0.3, -0.25) is 4.90 Å². The molecule has 20 heavy (non-hydrogen) atoms. The summed E-state index contributed by atoms with van der Waals surface area (Å²) >= 11 is 0. The fourth-order valence-corrected chi connectivity index (χ4v) is 3.08. The van der Waals surface area contributed by atoms with Crippen LogP contribution in [0.5, 0.6) is 0 Å². The Bertz CT molecular complexity index is 590. The molecule has 1 aromatic carbocycles. The number of fused-ring (bicyclic) bond motifs is 1. The van der Waals surface area contributed by atoms with E-state index in [1.54, 1.807) is 0 Å². The molecule has 1 fully saturated rings. The summed E-state index contributed by atoms with van der Waals surface area (Å²) in [6, 6.07) is 8.81. The SMILES string of the molecule is CN(C)C1CCN(Cc2oc3ccccc3c2CN)C1. The third kappa shape index (κ3) is 2.46. The Morgan fingerprint density at radius 3 is 2.85 bits per heavy atom. The Hall–Kier alpha value is -1.36. The zero-order chi connectivity index (χ0) is 14.1. The zero-order valence-corrected chi connectivity index (χ0v) is 12.3. The second kappa shape index (κ2) is 5.56. The van der Waals surface area contributed by atoms with E-state index in [0.29, 0.717) is 12.6 Å². The number of likely N-dealkylation sites (N-methyl/N-ethyl adjacent to an activating group) is 1. The monoisotopic (exact) mass is 273 g/mol. The summed E-state index contributed by atoms with van der Waals surface area (Å²) in [6.45, 7) is 3.64. The molecule has 4 heteroatoms. The van der Waals surface area contributed by atoms with Crippen LogP contribution in [0.4, 0.5) is 0 Å². The normalized spacial score (nSPS) is 20.3. The predicted octanol–water partition coefficient (Wildman–Crippen LogP) is 2.03. The molecule has 1 unspecified atom stereocenters. The highest BCUT2D eigenvalue weighted by Crippen LogP contribution is 2.27. The average Bonchev–Trinajstić information content (AvgIpc) is 3.02. The van der Waals surface area contributed by atoms with Gasteiger partial charge >= 0.3 is 0 Å². The van der Waals surface area contributed by atoms with E-state index < -0.39 is 0 Å². The molecular formula is C16H23N3O. The first-order valence-electron chi connectivity index (χ1n) is 7.27. The minimum Gasteiger partial charge on any atom is -0.459 e. The van der Waals surface area contributed by atoms with E-state index in [9.17, 15) is 0 Å². The lowest BCUT2D eigenvalue weighted by atomic mass is 10.1. The van der Waals surface area contributed by atoms with Gasteiger partial charge in [-0.2, -0.15) is 0 Å². The maximum Gasteiger partial charge on any atom is 0.134 e. The van der Waals surface area contributed by atoms with Gasteiger partial charge < -0.3 is 15.1 Å². The predicted molar refractivity (Wildman–Crippen MR) is 81.5 cm³/mol. The largest absolute Gasteiger partial charge is 0.459 e. The van der Waals surface area contributed by atoms with Crippen LogP contribution < -0.4 is 5.73 Å². The van der Waals surface area contributed by atoms with E-state index in [1.165, 1.54) is 6.42 Å². The van der Waals surface area contributed by atoms with Crippen molar-refractivity contribution < 1.29 is 4.42 Å². The number of hydrogen-bond acceptors (Lipinski definition) is 4. The highest BCUT2D eigenvalue weighted by atomic mass is 16.3. The Labute approximate surface area is 120 Å². The summed E-state index contributed by atoms with van der Waals surface area (Å²) in [4.78, 5) is 4.77. The first-order valence-corrected chi connectivity index (χ1v) is 7.27. The third-order valence-corrected chi connectivity index (χ3v) is 4.33. The van der Waals surface area contributed by atoms with Crippen molar-refractivity contribution in [3.63, 3.8) is 0 Å². The van der Waals surface area contributed by atoms with Crippen molar-refractivity contribution in [3.8, 4) is 0 Å². The molecule has 108 valence electrons. The van der Waals surface area contributed by atoms with Gasteiger partial charge in [0.05, 0.1) is 6.54 Å². The van der Waals surface area contributed by atoms with Gasteiger partial charge in [0.25, 0.3) is 0 Å². The van der Waals surface area contributed by atoms with Crippen LogP contribution >= 0.6 is 0 Å². The van der Waals surface area contributed by atoms with Gasteiger partial charge in [-0.25, -0.2) is 0 Å². The summed E-state index contributed by atoms with van der Waals surface area (Å²) in [5.74, 6) is 1.04. The van der Waals surface area contributed by atoms with Gasteiger partial charge in [0.1, 0.15) is 11.3 Å². The minimum atomic E-state index is 0.539. The van der Waals surface area contributed by atoms with Gasteiger partial charge in [-0.15, -0.1) is 0 Å². The number of nitrogens with two attached hydrogens (primary N) is 1. The average molecular weight is 273 g/mol. The maximum atomic E-state index is 6.01. The third-order valence-electron chi connectivity index (χ3n) is 4.33. The highest BCUT2D eigenvalue weighted by molar-refractivity contribution is 5.82. The summed E-state index contributed by atoms with van der Waals surface area (Å²) in [6.07, 6.45) is 1.23. The Balaban J connectivity index is 1.81. The van der Waals surface area contributed by atoms with Crippen molar-refractivity contribution >= 4 is 11.0 Å². The van der Waals surface area contributed by atoms with Gasteiger partial charge in [0, 0.05) is 36.6 Å². The molecule has 0 radical (unpaired) electrons. The Kier molecular flexibility index (Phi) is 3.78. The lowest BCUT2D eigenvalue weighted by Crippen LogP contribution is -2.31. The van der Waals surface area contributed by atoms with Crippen LogP contribution in [0.2, 0.25) is 0 Å². The zero-order valence-electron chi connectivity index (χ0n) is 12.3. The topological polar surface area (TPSA) is 45.6 Å². The molecule has 0 spiro atoms. The molecule has 2 heterocycles. The van der Waals surface area contributed by atoms with Crippen molar-refractivity contribution in [1.29, 1.82) is 0 Å². The van der Waals surface area contributed by atoms with Crippen molar-refractivity contribution in [2.45, 2.75) is 25.6 Å². The molecule has 3 rings (SSSR count). The maximum absolute atomic E-state index is 6.01. The Morgan fingerprint density at radius 2 is 2.15 bits per heavy atom. The second-order valence-electron chi connectivity index (χ2n) is 5.85. The lowest BCUT2D eigenvalue weighted by Gasteiger charge is -2.20. The summed E-state index contributed by atoms with van der Waals surface area (Å²) in [7, 11) is 4.31. The minimum absolute atomic E-state index is 0.539. The van der Waals surface area contributed by atoms with Crippen LogP contribution in [-0.4, -0.2) is 43.0 Å². The van der Waals surface area contributed by atoms with Crippen LogP contribution in [0.3, 0.4) is 0 Å². The first-order chi connectivity index (χ1) is 9.69. The molecule has 1 aliphatic heterocycles. The van der Waals surface area contributed by atoms with Crippen molar-refractivity contribution in [2.24, 2.45) is 5.73 Å². The van der Waals surface area contributed by atoms with E-state index in [2.05, 4.69) is 30.0 Å². The summed E-state index contributed by atoms with van der Waals surface area (Å²) in [5, 5.41) is 1.16. The molecule has 1 atom stereocenters. The fourth-order valence-electron chi connectivity index (χ4n) is 3.08. The Morgan fingerprint density at radius 1 is 1.35 bits per heavy atom. The number of hydrogen-bond donors (Lipinski definition) is 1. The lowest BCUT2D eigenvalue weighted by molar-refractivity contribution is 0.253. The van der Waals surface area contributed by atoms with Gasteiger partial charge in [0.15, 0.2) is 0 Å². The number of para-hydroxylation sites is 1. The molecule has 2 aromatic rings. The fraction of sp³-hybridized carbons (Fsp3) is 0.500. The van der Waals surface area contributed by atoms with Gasteiger partial charge in [-0.05, 0) is 26.6 Å². The van der Waals surface area contributed by atoms with Crippen LogP contribution in [-0.2, 0) is 13.1 Å². The van der Waals surface area contributed by atoms with Gasteiger partial charge in [-0.1, -0.05) is 18.2 Å². The van der Waals surface area contributed by atoms with Crippen LogP contribution in [0.25, 0.3) is 11.0 Å². The van der Waals surface area contributed by atoms with Crippen molar-refractivity contribution in [2.75, 3.05) is 27.2 Å². The van der Waals surface area contributed by atoms with E-state index >= 15 is 0 Å². The summed E-state index contributed by atoms with van der Waals surface area (Å²) < 4.78 is 6.01. The molecule has 0 saturated carbocycles. The number of nitrogens with zero attached hydrogens (tertiary/aromatic N) is 2. The molecule has 2 N–H and O–H groups in total. The van der Waals surface area contributed by atoms with Gasteiger partial charge in [0.2, 0.25) is 0 Å². The van der Waals surface area contributed by atoms with E-state index in [1.807, 2.05) is 18.2 Å². The standard InChI is InChI=1S/C16H23N3O/c1-18(2)12-7-8-19(10-12)11-16-14(9-17)13-5-3-4-6-15(13)20-16/h3-6,12H,7-11,17H2,1-2H3. The smallest absolute Gasteiger partial charge is 0.134 e. The summed E-state index contributed by atoms with van der Waals surface area (Å²) in [5.41, 5.74) is 8.04. The van der Waals surface area contributed by atoms with Crippen molar-refractivity contribution in [1.82, 2.24) is 9.80 Å². The van der Waals surface area contributed by atoms with E-state index in [0.717, 1.165) is 41.9 Å². The molecule has 1 aliphatic rings.